The lowest BCUT2D eigenvalue weighted by atomic mass is 10.2. The molecule has 1 N–H and O–H groups in total. The van der Waals surface area contributed by atoms with Crippen LogP contribution in [0.4, 0.5) is 5.69 Å². The van der Waals surface area contributed by atoms with Gasteiger partial charge in [-0.25, -0.2) is 0 Å². The summed E-state index contributed by atoms with van der Waals surface area (Å²) in [7, 11) is 0. The number of hydrogen-bond donors (Lipinski definition) is 1. The van der Waals surface area contributed by atoms with Crippen LogP contribution in [-0.2, 0) is 6.42 Å². The number of aromatic nitrogens is 2. The number of carbonyl (C=O) groups excluding carboxylic acids is 1. The molecule has 0 saturated heterocycles. The summed E-state index contributed by atoms with van der Waals surface area (Å²) in [4.78, 5) is 15.6. The van der Waals surface area contributed by atoms with Crippen molar-refractivity contribution in [3.63, 3.8) is 0 Å². The Morgan fingerprint density at radius 2 is 2.38 bits per heavy atom. The van der Waals surface area contributed by atoms with Gasteiger partial charge in [0.25, 0.3) is 5.91 Å². The number of amides is 1. The van der Waals surface area contributed by atoms with Gasteiger partial charge in [-0.1, -0.05) is 12.1 Å². The molecule has 2 aromatic rings. The number of rotatable bonds is 3. The van der Waals surface area contributed by atoms with E-state index in [1.165, 1.54) is 12.3 Å². The topological polar surface area (TPSA) is 68.0 Å². The standard InChI is InChI=1S/C11H11N3O2/c1-2-8-5-9(7-12-6-8)14-11(15)10-3-4-13-16-10/h3-7H,2H2,1H3,(H,14,15). The third kappa shape index (κ3) is 2.25. The van der Waals surface area contributed by atoms with Crippen molar-refractivity contribution >= 4 is 11.6 Å². The van der Waals surface area contributed by atoms with E-state index in [1.807, 2.05) is 13.0 Å². The zero-order valence-corrected chi connectivity index (χ0v) is 8.80. The van der Waals surface area contributed by atoms with Gasteiger partial charge < -0.3 is 9.84 Å². The van der Waals surface area contributed by atoms with Crippen LogP contribution >= 0.6 is 0 Å². The van der Waals surface area contributed by atoms with Gasteiger partial charge in [-0.15, -0.1) is 0 Å². The molecule has 0 aromatic carbocycles. The van der Waals surface area contributed by atoms with Gasteiger partial charge >= 0.3 is 0 Å². The molecule has 1 amide bonds. The van der Waals surface area contributed by atoms with Crippen molar-refractivity contribution in [1.82, 2.24) is 10.1 Å². The first-order valence-electron chi connectivity index (χ1n) is 4.95. The molecule has 0 fully saturated rings. The van der Waals surface area contributed by atoms with E-state index >= 15 is 0 Å². The molecule has 2 rings (SSSR count). The van der Waals surface area contributed by atoms with E-state index < -0.39 is 0 Å². The number of hydrogen-bond acceptors (Lipinski definition) is 4. The normalized spacial score (nSPS) is 10.1. The van der Waals surface area contributed by atoms with Gasteiger partial charge in [0, 0.05) is 12.3 Å². The van der Waals surface area contributed by atoms with Crippen LogP contribution in [0.3, 0.4) is 0 Å². The predicted molar refractivity (Wildman–Crippen MR) is 58.1 cm³/mol. The van der Waals surface area contributed by atoms with Crippen molar-refractivity contribution in [1.29, 1.82) is 0 Å². The maximum Gasteiger partial charge on any atom is 0.294 e. The van der Waals surface area contributed by atoms with Crippen LogP contribution in [-0.4, -0.2) is 16.0 Å². The summed E-state index contributed by atoms with van der Waals surface area (Å²) in [5.74, 6) is -0.144. The lowest BCUT2D eigenvalue weighted by Crippen LogP contribution is -2.11. The van der Waals surface area contributed by atoms with Crippen LogP contribution in [0.25, 0.3) is 0 Å². The Kier molecular flexibility index (Phi) is 2.95. The average Bonchev–Trinajstić information content (AvgIpc) is 2.83. The van der Waals surface area contributed by atoms with E-state index in [-0.39, 0.29) is 11.7 Å². The molecule has 82 valence electrons. The molecule has 0 atom stereocenters. The maximum atomic E-state index is 11.6. The second-order valence-electron chi connectivity index (χ2n) is 3.27. The average molecular weight is 217 g/mol. The Morgan fingerprint density at radius 1 is 1.50 bits per heavy atom. The highest BCUT2D eigenvalue weighted by Crippen LogP contribution is 2.10. The van der Waals surface area contributed by atoms with Crippen LogP contribution < -0.4 is 5.32 Å². The van der Waals surface area contributed by atoms with Crippen molar-refractivity contribution in [2.24, 2.45) is 0 Å². The zero-order chi connectivity index (χ0) is 11.4. The molecule has 0 saturated carbocycles. The molecule has 0 spiro atoms. The van der Waals surface area contributed by atoms with Gasteiger partial charge in [0.2, 0.25) is 5.76 Å². The molecule has 5 heteroatoms. The second-order valence-corrected chi connectivity index (χ2v) is 3.27. The zero-order valence-electron chi connectivity index (χ0n) is 8.80. The van der Waals surface area contributed by atoms with Gasteiger partial charge in [0.15, 0.2) is 0 Å². The Hall–Kier alpha value is -2.17. The molecule has 2 heterocycles. The predicted octanol–water partition coefficient (Wildman–Crippen LogP) is 1.88. The molecule has 0 aliphatic heterocycles. The van der Waals surface area contributed by atoms with E-state index in [0.29, 0.717) is 5.69 Å². The summed E-state index contributed by atoms with van der Waals surface area (Å²) in [6.07, 6.45) is 5.66. The number of pyridine rings is 1. The number of anilines is 1. The van der Waals surface area contributed by atoms with Crippen molar-refractivity contribution < 1.29 is 9.32 Å². The molecule has 0 bridgehead atoms. The Labute approximate surface area is 92.5 Å². The number of aryl methyl sites for hydroxylation is 1. The van der Waals surface area contributed by atoms with Crippen LogP contribution in [0.2, 0.25) is 0 Å². The largest absolute Gasteiger partial charge is 0.351 e. The third-order valence-corrected chi connectivity index (χ3v) is 2.12. The quantitative estimate of drug-likeness (QED) is 0.852. The highest BCUT2D eigenvalue weighted by Gasteiger charge is 2.09. The summed E-state index contributed by atoms with van der Waals surface area (Å²) in [6, 6.07) is 3.38. The fourth-order valence-electron chi connectivity index (χ4n) is 1.27. The molecule has 0 radical (unpaired) electrons. The Balaban J connectivity index is 2.12. The molecule has 0 aliphatic rings. The minimum absolute atomic E-state index is 0.182. The number of nitrogens with one attached hydrogen (secondary N) is 1. The van der Waals surface area contributed by atoms with Gasteiger partial charge in [0.1, 0.15) is 0 Å². The first kappa shape index (κ1) is 10.4. The summed E-state index contributed by atoms with van der Waals surface area (Å²) < 4.78 is 4.74. The Morgan fingerprint density at radius 3 is 3.06 bits per heavy atom. The van der Waals surface area contributed by atoms with Gasteiger partial charge in [0.05, 0.1) is 18.1 Å². The summed E-state index contributed by atoms with van der Waals surface area (Å²) >= 11 is 0. The maximum absolute atomic E-state index is 11.6. The second kappa shape index (κ2) is 4.57. The highest BCUT2D eigenvalue weighted by molar-refractivity contribution is 6.01. The summed E-state index contributed by atoms with van der Waals surface area (Å²) in [5, 5.41) is 6.15. The lowest BCUT2D eigenvalue weighted by molar-refractivity contribution is 0.0988. The van der Waals surface area contributed by atoms with E-state index in [4.69, 9.17) is 4.52 Å². The summed E-state index contributed by atoms with van der Waals surface area (Å²) in [5.41, 5.74) is 1.72. The van der Waals surface area contributed by atoms with Crippen LogP contribution in [0, 0.1) is 0 Å². The van der Waals surface area contributed by atoms with Gasteiger partial charge in [-0.2, -0.15) is 0 Å². The first-order valence-corrected chi connectivity index (χ1v) is 4.95. The Bertz CT molecular complexity index is 480. The monoisotopic (exact) mass is 217 g/mol. The summed E-state index contributed by atoms with van der Waals surface area (Å²) in [6.45, 7) is 2.03. The molecule has 0 unspecified atom stereocenters. The van der Waals surface area contributed by atoms with E-state index in [0.717, 1.165) is 12.0 Å². The highest BCUT2D eigenvalue weighted by atomic mass is 16.5. The van der Waals surface area contributed by atoms with Crippen molar-refractivity contribution in [3.8, 4) is 0 Å². The first-order chi connectivity index (χ1) is 7.79. The molecule has 5 nitrogen and oxygen atoms in total. The van der Waals surface area contributed by atoms with E-state index in [2.05, 4.69) is 15.5 Å². The molecule has 0 aliphatic carbocycles. The van der Waals surface area contributed by atoms with Crippen LogP contribution in [0.15, 0.2) is 35.2 Å². The van der Waals surface area contributed by atoms with Gasteiger partial charge in [-0.3, -0.25) is 9.78 Å². The minimum Gasteiger partial charge on any atom is -0.351 e. The van der Waals surface area contributed by atoms with Crippen molar-refractivity contribution in [2.75, 3.05) is 5.32 Å². The van der Waals surface area contributed by atoms with Crippen LogP contribution in [0.5, 0.6) is 0 Å². The van der Waals surface area contributed by atoms with Gasteiger partial charge in [-0.05, 0) is 18.1 Å². The number of nitrogens with zero attached hydrogens (tertiary/aromatic N) is 2. The van der Waals surface area contributed by atoms with Crippen LogP contribution in [0.1, 0.15) is 23.0 Å². The van der Waals surface area contributed by atoms with E-state index in [1.54, 1.807) is 12.4 Å². The van der Waals surface area contributed by atoms with Crippen molar-refractivity contribution in [3.05, 3.63) is 42.0 Å². The molecular weight excluding hydrogens is 206 g/mol. The smallest absolute Gasteiger partial charge is 0.294 e. The molecule has 16 heavy (non-hydrogen) atoms. The van der Waals surface area contributed by atoms with E-state index in [9.17, 15) is 4.79 Å². The fraction of sp³-hybridized carbons (Fsp3) is 0.182. The third-order valence-electron chi connectivity index (χ3n) is 2.12. The molecule has 2 aromatic heterocycles. The minimum atomic E-state index is -0.326. The fourth-order valence-corrected chi connectivity index (χ4v) is 1.27. The van der Waals surface area contributed by atoms with Crippen molar-refractivity contribution in [2.45, 2.75) is 13.3 Å². The molecular formula is C11H11N3O2. The SMILES string of the molecule is CCc1cncc(NC(=O)c2ccno2)c1. The lowest BCUT2D eigenvalue weighted by Gasteiger charge is -2.03. The number of carbonyl (C=O) groups is 1.